The second kappa shape index (κ2) is 7.40. The van der Waals surface area contributed by atoms with Crippen LogP contribution in [0.25, 0.3) is 0 Å². The van der Waals surface area contributed by atoms with E-state index in [1.807, 2.05) is 48.5 Å². The van der Waals surface area contributed by atoms with E-state index < -0.39 is 6.04 Å². The third-order valence-electron chi connectivity index (χ3n) is 3.03. The first-order valence-corrected chi connectivity index (χ1v) is 6.57. The molecule has 1 N–H and O–H groups in total. The molecule has 1 atom stereocenters. The Morgan fingerprint density at radius 2 is 1.95 bits per heavy atom. The van der Waals surface area contributed by atoms with Crippen molar-refractivity contribution in [2.24, 2.45) is 0 Å². The highest BCUT2D eigenvalue weighted by atomic mass is 16.5. The van der Waals surface area contributed by atoms with Crippen molar-refractivity contribution < 1.29 is 9.53 Å². The molecule has 4 nitrogen and oxygen atoms in total. The maximum atomic E-state index is 11.9. The van der Waals surface area contributed by atoms with Gasteiger partial charge in [-0.15, -0.1) is 0 Å². The third kappa shape index (κ3) is 3.90. The van der Waals surface area contributed by atoms with E-state index >= 15 is 0 Å². The number of carbonyl (C=O) groups excluding carboxylic acids is 1. The molecule has 0 radical (unpaired) electrons. The zero-order valence-corrected chi connectivity index (χ0v) is 11.5. The molecular formula is C16H18N2O2. The van der Waals surface area contributed by atoms with E-state index in [1.54, 1.807) is 6.20 Å². The van der Waals surface area contributed by atoms with Crippen molar-refractivity contribution in [1.29, 1.82) is 0 Å². The molecule has 0 fully saturated rings. The van der Waals surface area contributed by atoms with Gasteiger partial charge in [-0.25, -0.2) is 4.79 Å². The van der Waals surface area contributed by atoms with Gasteiger partial charge in [-0.1, -0.05) is 36.4 Å². The van der Waals surface area contributed by atoms with Gasteiger partial charge in [0.15, 0.2) is 0 Å². The van der Waals surface area contributed by atoms with Crippen molar-refractivity contribution in [3.8, 4) is 0 Å². The Labute approximate surface area is 118 Å². The molecule has 1 aromatic heterocycles. The summed E-state index contributed by atoms with van der Waals surface area (Å²) >= 11 is 0. The van der Waals surface area contributed by atoms with E-state index in [4.69, 9.17) is 4.74 Å². The Balaban J connectivity index is 1.97. The monoisotopic (exact) mass is 270 g/mol. The lowest BCUT2D eigenvalue weighted by Crippen LogP contribution is -2.31. The summed E-state index contributed by atoms with van der Waals surface area (Å²) in [6, 6.07) is 14.9. The van der Waals surface area contributed by atoms with Gasteiger partial charge in [0.25, 0.3) is 0 Å². The minimum atomic E-state index is -0.440. The summed E-state index contributed by atoms with van der Waals surface area (Å²) in [5, 5.41) is 3.22. The molecule has 0 amide bonds. The van der Waals surface area contributed by atoms with Gasteiger partial charge in [-0.2, -0.15) is 0 Å². The Hall–Kier alpha value is -2.20. The maximum absolute atomic E-state index is 11.9. The number of carbonyl (C=O) groups is 1. The van der Waals surface area contributed by atoms with Crippen LogP contribution in [-0.2, 0) is 16.0 Å². The third-order valence-corrected chi connectivity index (χ3v) is 3.03. The lowest BCUT2D eigenvalue weighted by atomic mass is 10.1. The van der Waals surface area contributed by atoms with E-state index in [1.165, 1.54) is 7.11 Å². The van der Waals surface area contributed by atoms with Gasteiger partial charge in [-0.05, 0) is 17.7 Å². The highest BCUT2D eigenvalue weighted by Gasteiger charge is 2.20. The Bertz CT molecular complexity index is 529. The first kappa shape index (κ1) is 14.2. The molecular weight excluding hydrogens is 252 g/mol. The summed E-state index contributed by atoms with van der Waals surface area (Å²) in [6.45, 7) is 0.658. The molecule has 0 bridgehead atoms. The molecule has 1 unspecified atom stereocenters. The fourth-order valence-electron chi connectivity index (χ4n) is 1.99. The van der Waals surface area contributed by atoms with Crippen LogP contribution < -0.4 is 5.32 Å². The second-order valence-electron chi connectivity index (χ2n) is 4.39. The van der Waals surface area contributed by atoms with Crippen molar-refractivity contribution in [2.45, 2.75) is 12.5 Å². The van der Waals surface area contributed by atoms with Crippen molar-refractivity contribution in [2.75, 3.05) is 13.7 Å². The predicted molar refractivity (Wildman–Crippen MR) is 77.1 cm³/mol. The largest absolute Gasteiger partial charge is 0.468 e. The molecule has 0 saturated carbocycles. The molecule has 1 aromatic carbocycles. The normalized spacial score (nSPS) is 11.8. The number of methoxy groups -OCH3 is 1. The van der Waals surface area contributed by atoms with E-state index in [9.17, 15) is 4.79 Å². The maximum Gasteiger partial charge on any atom is 0.327 e. The number of esters is 1. The van der Waals surface area contributed by atoms with Crippen LogP contribution in [-0.4, -0.2) is 24.6 Å². The van der Waals surface area contributed by atoms with Gasteiger partial charge < -0.3 is 10.1 Å². The topological polar surface area (TPSA) is 51.2 Å². The predicted octanol–water partition coefficient (Wildman–Crippen LogP) is 2.13. The summed E-state index contributed by atoms with van der Waals surface area (Å²) in [5.74, 6) is -0.280. The van der Waals surface area contributed by atoms with Gasteiger partial charge >= 0.3 is 5.97 Å². The summed E-state index contributed by atoms with van der Waals surface area (Å²) in [6.07, 6.45) is 2.53. The number of rotatable bonds is 6. The Morgan fingerprint density at radius 3 is 2.60 bits per heavy atom. The van der Waals surface area contributed by atoms with Crippen LogP contribution in [0, 0.1) is 0 Å². The number of nitrogens with zero attached hydrogens (tertiary/aromatic N) is 1. The molecule has 2 aromatic rings. The van der Waals surface area contributed by atoms with E-state index in [-0.39, 0.29) is 5.97 Å². The molecule has 104 valence electrons. The standard InChI is InChI=1S/C16H18N2O2/c1-20-16(19)15(13-7-3-2-4-8-13)18-12-10-14-9-5-6-11-17-14/h2-9,11,15,18H,10,12H2,1H3. The number of hydrogen-bond donors (Lipinski definition) is 1. The van der Waals surface area contributed by atoms with Crippen molar-refractivity contribution in [1.82, 2.24) is 10.3 Å². The smallest absolute Gasteiger partial charge is 0.327 e. The van der Waals surface area contributed by atoms with Crippen LogP contribution in [0.2, 0.25) is 0 Å². The number of pyridine rings is 1. The fraction of sp³-hybridized carbons (Fsp3) is 0.250. The molecule has 0 aliphatic rings. The highest BCUT2D eigenvalue weighted by molar-refractivity contribution is 5.77. The summed E-state index contributed by atoms with van der Waals surface area (Å²) in [5.41, 5.74) is 1.90. The van der Waals surface area contributed by atoms with Crippen LogP contribution in [0.1, 0.15) is 17.3 Å². The van der Waals surface area contributed by atoms with Crippen LogP contribution in [0.4, 0.5) is 0 Å². The van der Waals surface area contributed by atoms with Gasteiger partial charge in [0.05, 0.1) is 7.11 Å². The first-order valence-electron chi connectivity index (χ1n) is 6.57. The first-order chi connectivity index (χ1) is 9.81. The lowest BCUT2D eigenvalue weighted by molar-refractivity contribution is -0.143. The molecule has 0 aliphatic carbocycles. The molecule has 0 aliphatic heterocycles. The minimum Gasteiger partial charge on any atom is -0.468 e. The summed E-state index contributed by atoms with van der Waals surface area (Å²) < 4.78 is 4.85. The lowest BCUT2D eigenvalue weighted by Gasteiger charge is -2.16. The molecule has 4 heteroatoms. The zero-order valence-electron chi connectivity index (χ0n) is 11.5. The molecule has 0 saturated heterocycles. The molecule has 1 heterocycles. The van der Waals surface area contributed by atoms with Crippen LogP contribution in [0.5, 0.6) is 0 Å². The van der Waals surface area contributed by atoms with Gasteiger partial charge in [0.2, 0.25) is 0 Å². The number of aromatic nitrogens is 1. The minimum absolute atomic E-state index is 0.280. The Morgan fingerprint density at radius 1 is 1.20 bits per heavy atom. The molecule has 2 rings (SSSR count). The average molecular weight is 270 g/mol. The SMILES string of the molecule is COC(=O)C(NCCc1ccccn1)c1ccccc1. The van der Waals surface area contributed by atoms with Gasteiger partial charge in [-0.3, -0.25) is 4.98 Å². The quantitative estimate of drug-likeness (QED) is 0.817. The second-order valence-corrected chi connectivity index (χ2v) is 4.39. The van der Waals surface area contributed by atoms with Crippen molar-refractivity contribution in [3.05, 3.63) is 66.0 Å². The van der Waals surface area contributed by atoms with E-state index in [0.29, 0.717) is 6.54 Å². The molecule has 20 heavy (non-hydrogen) atoms. The van der Waals surface area contributed by atoms with Crippen LogP contribution >= 0.6 is 0 Å². The fourth-order valence-corrected chi connectivity index (χ4v) is 1.99. The number of benzene rings is 1. The van der Waals surface area contributed by atoms with Crippen LogP contribution in [0.3, 0.4) is 0 Å². The number of ether oxygens (including phenoxy) is 1. The van der Waals surface area contributed by atoms with E-state index in [0.717, 1.165) is 17.7 Å². The average Bonchev–Trinajstić information content (AvgIpc) is 2.53. The summed E-state index contributed by atoms with van der Waals surface area (Å²) in [7, 11) is 1.40. The highest BCUT2D eigenvalue weighted by Crippen LogP contribution is 2.13. The Kier molecular flexibility index (Phi) is 5.26. The van der Waals surface area contributed by atoms with Crippen molar-refractivity contribution in [3.63, 3.8) is 0 Å². The van der Waals surface area contributed by atoms with Gasteiger partial charge in [0, 0.05) is 24.9 Å². The van der Waals surface area contributed by atoms with E-state index in [2.05, 4.69) is 10.3 Å². The summed E-state index contributed by atoms with van der Waals surface area (Å²) in [4.78, 5) is 16.1. The zero-order chi connectivity index (χ0) is 14.2. The molecule has 0 spiro atoms. The van der Waals surface area contributed by atoms with Crippen LogP contribution in [0.15, 0.2) is 54.7 Å². The van der Waals surface area contributed by atoms with Gasteiger partial charge in [0.1, 0.15) is 6.04 Å². The van der Waals surface area contributed by atoms with Crippen molar-refractivity contribution >= 4 is 5.97 Å². The number of nitrogens with one attached hydrogen (secondary N) is 1. The number of hydrogen-bond acceptors (Lipinski definition) is 4.